The SMILES string of the molecule is c1ccc2c(c1)c1cc(-c3nccc4c5ccccc5n(-c5ccsc5)c34)ncc1n2-c1ccsc1. The molecule has 0 fully saturated rings. The number of aromatic nitrogens is 4. The van der Waals surface area contributed by atoms with Crippen LogP contribution in [0.3, 0.4) is 0 Å². The summed E-state index contributed by atoms with van der Waals surface area (Å²) in [6.45, 7) is 0. The molecule has 8 rings (SSSR count). The van der Waals surface area contributed by atoms with E-state index >= 15 is 0 Å². The van der Waals surface area contributed by atoms with Gasteiger partial charge in [-0.1, -0.05) is 36.4 Å². The Kier molecular flexibility index (Phi) is 4.23. The van der Waals surface area contributed by atoms with Crippen LogP contribution in [0.15, 0.2) is 107 Å². The van der Waals surface area contributed by atoms with Crippen molar-refractivity contribution in [2.45, 2.75) is 0 Å². The van der Waals surface area contributed by atoms with E-state index in [-0.39, 0.29) is 0 Å². The molecule has 0 amide bonds. The Labute approximate surface area is 214 Å². The lowest BCUT2D eigenvalue weighted by molar-refractivity contribution is 1.16. The minimum Gasteiger partial charge on any atom is -0.307 e. The van der Waals surface area contributed by atoms with Gasteiger partial charge in [0.15, 0.2) is 0 Å². The number of pyridine rings is 2. The van der Waals surface area contributed by atoms with Crippen molar-refractivity contribution < 1.29 is 0 Å². The van der Waals surface area contributed by atoms with E-state index in [2.05, 4.69) is 103 Å². The normalized spacial score (nSPS) is 11.9. The van der Waals surface area contributed by atoms with Gasteiger partial charge in [-0.3, -0.25) is 9.97 Å². The van der Waals surface area contributed by atoms with Crippen LogP contribution in [0.5, 0.6) is 0 Å². The molecule has 170 valence electrons. The van der Waals surface area contributed by atoms with E-state index < -0.39 is 0 Å². The van der Waals surface area contributed by atoms with Crippen molar-refractivity contribution in [1.29, 1.82) is 0 Å². The van der Waals surface area contributed by atoms with Gasteiger partial charge in [-0.05, 0) is 47.2 Å². The van der Waals surface area contributed by atoms with E-state index in [4.69, 9.17) is 9.97 Å². The number of hydrogen-bond donors (Lipinski definition) is 0. The Morgan fingerprint density at radius 3 is 1.97 bits per heavy atom. The summed E-state index contributed by atoms with van der Waals surface area (Å²) >= 11 is 3.41. The number of benzene rings is 2. The summed E-state index contributed by atoms with van der Waals surface area (Å²) < 4.78 is 4.62. The third-order valence-corrected chi connectivity index (χ3v) is 8.25. The van der Waals surface area contributed by atoms with Gasteiger partial charge in [0.2, 0.25) is 0 Å². The highest BCUT2D eigenvalue weighted by Crippen LogP contribution is 2.39. The monoisotopic (exact) mass is 498 g/mol. The first-order valence-electron chi connectivity index (χ1n) is 11.7. The lowest BCUT2D eigenvalue weighted by Gasteiger charge is -2.09. The maximum Gasteiger partial charge on any atom is 0.113 e. The fourth-order valence-electron chi connectivity index (χ4n) is 5.42. The molecule has 0 unspecified atom stereocenters. The van der Waals surface area contributed by atoms with Crippen LogP contribution < -0.4 is 0 Å². The van der Waals surface area contributed by atoms with E-state index in [9.17, 15) is 0 Å². The molecule has 6 heteroatoms. The molecule has 0 radical (unpaired) electrons. The first kappa shape index (κ1) is 20.0. The summed E-state index contributed by atoms with van der Waals surface area (Å²) in [5.41, 5.74) is 8.63. The van der Waals surface area contributed by atoms with Crippen LogP contribution >= 0.6 is 22.7 Å². The summed E-state index contributed by atoms with van der Waals surface area (Å²) in [5, 5.41) is 13.4. The predicted molar refractivity (Wildman–Crippen MR) is 152 cm³/mol. The van der Waals surface area contributed by atoms with Crippen molar-refractivity contribution in [3.8, 4) is 22.8 Å². The van der Waals surface area contributed by atoms with Gasteiger partial charge >= 0.3 is 0 Å². The van der Waals surface area contributed by atoms with Crippen molar-refractivity contribution in [2.75, 3.05) is 0 Å². The highest BCUT2D eigenvalue weighted by Gasteiger charge is 2.20. The summed E-state index contributed by atoms with van der Waals surface area (Å²) in [7, 11) is 0. The molecule has 6 aromatic heterocycles. The number of nitrogens with zero attached hydrogens (tertiary/aromatic N) is 4. The number of hydrogen-bond acceptors (Lipinski definition) is 4. The van der Waals surface area contributed by atoms with Gasteiger partial charge in [0, 0.05) is 38.5 Å². The lowest BCUT2D eigenvalue weighted by Crippen LogP contribution is -1.97. The smallest absolute Gasteiger partial charge is 0.113 e. The Bertz CT molecular complexity index is 2040. The number of rotatable bonds is 3. The van der Waals surface area contributed by atoms with Crippen molar-refractivity contribution in [3.63, 3.8) is 0 Å². The second-order valence-corrected chi connectivity index (χ2v) is 10.4. The Balaban J connectivity index is 1.47. The van der Waals surface area contributed by atoms with E-state index in [1.54, 1.807) is 22.7 Å². The van der Waals surface area contributed by atoms with Crippen LogP contribution in [-0.2, 0) is 0 Å². The standard InChI is InChI=1S/C30H18N4S2/c1-4-8-27-21(5-1)23-9-12-31-29(30(23)34(27)20-11-14-36-18-20)25-15-24-22-6-2-3-7-26(22)33(28(24)16-32-25)19-10-13-35-17-19/h1-18H. The molecule has 6 heterocycles. The molecule has 0 bridgehead atoms. The van der Waals surface area contributed by atoms with E-state index in [1.807, 2.05) is 12.4 Å². The Morgan fingerprint density at radius 2 is 1.25 bits per heavy atom. The molecule has 2 aromatic carbocycles. The van der Waals surface area contributed by atoms with E-state index in [1.165, 1.54) is 38.3 Å². The second kappa shape index (κ2) is 7.62. The molecule has 0 aliphatic rings. The lowest BCUT2D eigenvalue weighted by atomic mass is 10.1. The van der Waals surface area contributed by atoms with Gasteiger partial charge in [0.25, 0.3) is 0 Å². The van der Waals surface area contributed by atoms with E-state index in [0.29, 0.717) is 0 Å². The van der Waals surface area contributed by atoms with Gasteiger partial charge in [0.1, 0.15) is 5.69 Å². The first-order chi connectivity index (χ1) is 17.9. The summed E-state index contributed by atoms with van der Waals surface area (Å²) in [4.78, 5) is 9.90. The average Bonchev–Trinajstić information content (AvgIpc) is 3.73. The Morgan fingerprint density at radius 1 is 0.583 bits per heavy atom. The summed E-state index contributed by atoms with van der Waals surface area (Å²) in [6, 6.07) is 25.8. The second-order valence-electron chi connectivity index (χ2n) is 8.81. The fourth-order valence-corrected chi connectivity index (χ4v) is 6.65. The molecule has 0 spiro atoms. The fraction of sp³-hybridized carbons (Fsp3) is 0. The van der Waals surface area contributed by atoms with E-state index in [0.717, 1.165) is 28.1 Å². The predicted octanol–water partition coefficient (Wildman–Crippen LogP) is 8.46. The maximum atomic E-state index is 5.00. The molecule has 0 saturated heterocycles. The molecule has 8 aromatic rings. The molecule has 0 aliphatic heterocycles. The van der Waals surface area contributed by atoms with Gasteiger partial charge in [-0.2, -0.15) is 22.7 Å². The van der Waals surface area contributed by atoms with Gasteiger partial charge in [-0.25, -0.2) is 0 Å². The van der Waals surface area contributed by atoms with Crippen molar-refractivity contribution >= 4 is 66.3 Å². The number of thiophene rings is 2. The summed E-state index contributed by atoms with van der Waals surface area (Å²) in [5.74, 6) is 0. The molecule has 0 saturated carbocycles. The summed E-state index contributed by atoms with van der Waals surface area (Å²) in [6.07, 6.45) is 3.91. The zero-order valence-corrected chi connectivity index (χ0v) is 20.6. The van der Waals surface area contributed by atoms with Crippen molar-refractivity contribution in [3.05, 3.63) is 107 Å². The average molecular weight is 499 g/mol. The van der Waals surface area contributed by atoms with Crippen LogP contribution in [-0.4, -0.2) is 19.1 Å². The quantitative estimate of drug-likeness (QED) is 0.245. The van der Waals surface area contributed by atoms with Crippen LogP contribution in [0.1, 0.15) is 0 Å². The van der Waals surface area contributed by atoms with Crippen LogP contribution in [0.2, 0.25) is 0 Å². The van der Waals surface area contributed by atoms with Crippen LogP contribution in [0.25, 0.3) is 66.4 Å². The minimum absolute atomic E-state index is 0.876. The van der Waals surface area contributed by atoms with Crippen molar-refractivity contribution in [2.24, 2.45) is 0 Å². The topological polar surface area (TPSA) is 35.6 Å². The van der Waals surface area contributed by atoms with Crippen LogP contribution in [0.4, 0.5) is 0 Å². The minimum atomic E-state index is 0.876. The number of para-hydroxylation sites is 2. The zero-order valence-electron chi connectivity index (χ0n) is 19.0. The molecular formula is C30H18N4S2. The number of fused-ring (bicyclic) bond motifs is 6. The molecule has 4 nitrogen and oxygen atoms in total. The highest BCUT2D eigenvalue weighted by molar-refractivity contribution is 7.08. The molecular weight excluding hydrogens is 480 g/mol. The Hall–Kier alpha value is -4.26. The third-order valence-electron chi connectivity index (χ3n) is 6.91. The van der Waals surface area contributed by atoms with Crippen LogP contribution in [0, 0.1) is 0 Å². The van der Waals surface area contributed by atoms with Gasteiger partial charge < -0.3 is 9.13 Å². The third kappa shape index (κ3) is 2.74. The van der Waals surface area contributed by atoms with Crippen molar-refractivity contribution in [1.82, 2.24) is 19.1 Å². The molecule has 36 heavy (non-hydrogen) atoms. The maximum absolute atomic E-state index is 5.00. The molecule has 0 atom stereocenters. The highest BCUT2D eigenvalue weighted by atomic mass is 32.1. The zero-order chi connectivity index (χ0) is 23.6. The van der Waals surface area contributed by atoms with Gasteiger partial charge in [-0.15, -0.1) is 0 Å². The largest absolute Gasteiger partial charge is 0.307 e. The molecule has 0 N–H and O–H groups in total. The first-order valence-corrected chi connectivity index (χ1v) is 13.6. The molecule has 0 aliphatic carbocycles. The van der Waals surface area contributed by atoms with Gasteiger partial charge in [0.05, 0.1) is 45.3 Å².